The summed E-state index contributed by atoms with van der Waals surface area (Å²) in [6.45, 7) is 4.90. The molecule has 102 valence electrons. The van der Waals surface area contributed by atoms with Gasteiger partial charge < -0.3 is 11.1 Å². The van der Waals surface area contributed by atoms with Crippen molar-refractivity contribution in [1.29, 1.82) is 0 Å². The van der Waals surface area contributed by atoms with Crippen LogP contribution < -0.4 is 11.1 Å². The van der Waals surface area contributed by atoms with Crippen molar-refractivity contribution in [3.05, 3.63) is 0 Å². The Balaban J connectivity index is 1.51. The Morgan fingerprint density at radius 2 is 2.11 bits per heavy atom. The summed E-state index contributed by atoms with van der Waals surface area (Å²) < 4.78 is 0. The van der Waals surface area contributed by atoms with Crippen LogP contribution in [0, 0.1) is 11.3 Å². The van der Waals surface area contributed by atoms with Crippen molar-refractivity contribution in [1.82, 2.24) is 10.2 Å². The molecule has 0 aromatic heterocycles. The van der Waals surface area contributed by atoms with Crippen LogP contribution in [0.5, 0.6) is 0 Å². The van der Waals surface area contributed by atoms with Crippen LogP contribution in [0.15, 0.2) is 0 Å². The number of carbonyl (C=O) groups is 1. The van der Waals surface area contributed by atoms with E-state index in [1.165, 1.54) is 12.8 Å². The van der Waals surface area contributed by atoms with Gasteiger partial charge in [-0.05, 0) is 38.0 Å². The summed E-state index contributed by atoms with van der Waals surface area (Å²) in [7, 11) is 0. The number of likely N-dealkylation sites (tertiary alicyclic amines) is 1. The molecule has 2 saturated carbocycles. The summed E-state index contributed by atoms with van der Waals surface area (Å²) in [5, 5.41) is 3.25. The molecular formula is C14H25N3O. The number of hydrogen-bond acceptors (Lipinski definition) is 3. The van der Waals surface area contributed by atoms with Gasteiger partial charge in [0.15, 0.2) is 0 Å². The lowest BCUT2D eigenvalue weighted by Gasteiger charge is -2.44. The van der Waals surface area contributed by atoms with Crippen molar-refractivity contribution in [2.45, 2.75) is 51.1 Å². The fraction of sp³-hybridized carbons (Fsp3) is 0.929. The lowest BCUT2D eigenvalue weighted by atomic mass is 9.62. The van der Waals surface area contributed by atoms with E-state index in [0.29, 0.717) is 18.5 Å². The van der Waals surface area contributed by atoms with Crippen molar-refractivity contribution in [3.8, 4) is 0 Å². The number of nitrogens with one attached hydrogen (secondary N) is 1. The molecule has 0 bridgehead atoms. The molecule has 1 saturated heterocycles. The van der Waals surface area contributed by atoms with Gasteiger partial charge in [-0.15, -0.1) is 0 Å². The number of hydrogen-bond donors (Lipinski definition) is 2. The minimum absolute atomic E-state index is 0.214. The van der Waals surface area contributed by atoms with Crippen LogP contribution in [-0.2, 0) is 4.79 Å². The Bertz CT molecular complexity index is 334. The zero-order valence-corrected chi connectivity index (χ0v) is 11.3. The summed E-state index contributed by atoms with van der Waals surface area (Å²) in [4.78, 5) is 14.9. The second-order valence-corrected chi connectivity index (χ2v) is 6.68. The normalized spacial score (nSPS) is 40.6. The smallest absolute Gasteiger partial charge is 0.227 e. The van der Waals surface area contributed by atoms with Crippen LogP contribution in [0.25, 0.3) is 0 Å². The quantitative estimate of drug-likeness (QED) is 0.774. The van der Waals surface area contributed by atoms with Gasteiger partial charge in [0.25, 0.3) is 0 Å². The predicted octanol–water partition coefficient (Wildman–Crippen LogP) is 0.714. The van der Waals surface area contributed by atoms with E-state index >= 15 is 0 Å². The van der Waals surface area contributed by atoms with Crippen LogP contribution in [-0.4, -0.2) is 42.5 Å². The topological polar surface area (TPSA) is 58.4 Å². The molecule has 3 aliphatic rings. The zero-order chi connectivity index (χ0) is 12.8. The fourth-order valence-electron chi connectivity index (χ4n) is 3.73. The standard InChI is InChI=1S/C14H25N3O/c1-10-6-14(7-10,9-15)13(18)16-11-4-5-17(8-11)12-2-3-12/h10-12H,2-9,15H2,1H3,(H,16,18). The fourth-order valence-corrected chi connectivity index (χ4v) is 3.73. The predicted molar refractivity (Wildman–Crippen MR) is 71.0 cm³/mol. The maximum absolute atomic E-state index is 12.4. The first kappa shape index (κ1) is 12.4. The molecule has 3 rings (SSSR count). The van der Waals surface area contributed by atoms with E-state index in [4.69, 9.17) is 5.73 Å². The molecule has 0 aromatic rings. The van der Waals surface area contributed by atoms with Gasteiger partial charge in [-0.25, -0.2) is 0 Å². The van der Waals surface area contributed by atoms with Crippen molar-refractivity contribution in [2.75, 3.05) is 19.6 Å². The van der Waals surface area contributed by atoms with Crippen molar-refractivity contribution in [2.24, 2.45) is 17.1 Å². The zero-order valence-electron chi connectivity index (χ0n) is 11.3. The van der Waals surface area contributed by atoms with E-state index in [1.54, 1.807) is 0 Å². The maximum Gasteiger partial charge on any atom is 0.227 e. The summed E-state index contributed by atoms with van der Waals surface area (Å²) in [6, 6.07) is 1.18. The van der Waals surface area contributed by atoms with Crippen LogP contribution in [0.2, 0.25) is 0 Å². The highest BCUT2D eigenvalue weighted by molar-refractivity contribution is 5.84. The highest BCUT2D eigenvalue weighted by Gasteiger charge is 2.48. The Labute approximate surface area is 109 Å². The number of nitrogens with zero attached hydrogens (tertiary/aromatic N) is 1. The number of carbonyl (C=O) groups excluding carboxylic acids is 1. The lowest BCUT2D eigenvalue weighted by molar-refractivity contribution is -0.138. The van der Waals surface area contributed by atoms with E-state index in [-0.39, 0.29) is 11.3 Å². The Kier molecular flexibility index (Phi) is 3.10. The van der Waals surface area contributed by atoms with Gasteiger partial charge in [-0.1, -0.05) is 6.92 Å². The lowest BCUT2D eigenvalue weighted by Crippen LogP contribution is -2.55. The van der Waals surface area contributed by atoms with Crippen LogP contribution >= 0.6 is 0 Å². The third-order valence-electron chi connectivity index (χ3n) is 4.97. The molecule has 4 nitrogen and oxygen atoms in total. The summed E-state index contributed by atoms with van der Waals surface area (Å²) in [5.74, 6) is 0.872. The summed E-state index contributed by atoms with van der Waals surface area (Å²) >= 11 is 0. The maximum atomic E-state index is 12.4. The van der Waals surface area contributed by atoms with Gasteiger partial charge in [0.05, 0.1) is 5.41 Å². The second kappa shape index (κ2) is 4.49. The third kappa shape index (κ3) is 2.16. The van der Waals surface area contributed by atoms with Gasteiger partial charge in [0.1, 0.15) is 0 Å². The summed E-state index contributed by atoms with van der Waals surface area (Å²) in [6.07, 6.45) is 5.75. The number of nitrogens with two attached hydrogens (primary N) is 1. The van der Waals surface area contributed by atoms with E-state index < -0.39 is 0 Å². The Morgan fingerprint density at radius 3 is 2.67 bits per heavy atom. The van der Waals surface area contributed by atoms with Gasteiger partial charge in [0, 0.05) is 31.7 Å². The first-order valence-corrected chi connectivity index (χ1v) is 7.38. The van der Waals surface area contributed by atoms with Crippen LogP contribution in [0.3, 0.4) is 0 Å². The minimum Gasteiger partial charge on any atom is -0.352 e. The molecule has 2 aliphatic carbocycles. The van der Waals surface area contributed by atoms with E-state index in [2.05, 4.69) is 17.1 Å². The van der Waals surface area contributed by atoms with Gasteiger partial charge >= 0.3 is 0 Å². The molecule has 4 heteroatoms. The molecule has 1 atom stereocenters. The number of rotatable bonds is 4. The molecule has 0 aromatic carbocycles. The highest BCUT2D eigenvalue weighted by Crippen LogP contribution is 2.45. The monoisotopic (exact) mass is 251 g/mol. The molecule has 3 fully saturated rings. The average Bonchev–Trinajstić information content (AvgIpc) is 3.06. The van der Waals surface area contributed by atoms with E-state index in [0.717, 1.165) is 38.4 Å². The highest BCUT2D eigenvalue weighted by atomic mass is 16.2. The van der Waals surface area contributed by atoms with Crippen molar-refractivity contribution >= 4 is 5.91 Å². The molecule has 3 N–H and O–H groups in total. The molecule has 0 radical (unpaired) electrons. The van der Waals surface area contributed by atoms with Crippen LogP contribution in [0.4, 0.5) is 0 Å². The van der Waals surface area contributed by atoms with Crippen LogP contribution in [0.1, 0.15) is 39.0 Å². The molecule has 0 spiro atoms. The molecule has 18 heavy (non-hydrogen) atoms. The first-order chi connectivity index (χ1) is 8.63. The third-order valence-corrected chi connectivity index (χ3v) is 4.97. The average molecular weight is 251 g/mol. The Hall–Kier alpha value is -0.610. The van der Waals surface area contributed by atoms with Gasteiger partial charge in [-0.2, -0.15) is 0 Å². The SMILES string of the molecule is CC1CC(CN)(C(=O)NC2CCN(C3CC3)C2)C1. The van der Waals surface area contributed by atoms with Crippen molar-refractivity contribution < 1.29 is 4.79 Å². The molecule has 1 heterocycles. The largest absolute Gasteiger partial charge is 0.352 e. The van der Waals surface area contributed by atoms with E-state index in [9.17, 15) is 4.79 Å². The first-order valence-electron chi connectivity index (χ1n) is 7.38. The second-order valence-electron chi connectivity index (χ2n) is 6.68. The van der Waals surface area contributed by atoms with Gasteiger partial charge in [0.2, 0.25) is 5.91 Å². The van der Waals surface area contributed by atoms with Crippen molar-refractivity contribution in [3.63, 3.8) is 0 Å². The summed E-state index contributed by atoms with van der Waals surface area (Å²) in [5.41, 5.74) is 5.58. The minimum atomic E-state index is -0.244. The molecular weight excluding hydrogens is 226 g/mol. The Morgan fingerprint density at radius 1 is 1.39 bits per heavy atom. The molecule has 1 aliphatic heterocycles. The molecule has 1 unspecified atom stereocenters. The van der Waals surface area contributed by atoms with Gasteiger partial charge in [-0.3, -0.25) is 9.69 Å². The van der Waals surface area contributed by atoms with E-state index in [1.807, 2.05) is 0 Å². The number of amides is 1. The molecule has 1 amide bonds.